The van der Waals surface area contributed by atoms with Gasteiger partial charge in [-0.15, -0.1) is 22.7 Å². The van der Waals surface area contributed by atoms with Crippen LogP contribution in [0, 0.1) is 20.8 Å². The highest BCUT2D eigenvalue weighted by Gasteiger charge is 2.18. The molecule has 2 heterocycles. The molecule has 3 nitrogen and oxygen atoms in total. The standard InChI is InChI=1S/C17H16N2OS2/c1-10-6-4-7-11(2)14(10)19-16(20)15-12(3)18-17(22-15)13-8-5-9-21-13/h4-9H,1-3H3,(H,19,20). The van der Waals surface area contributed by atoms with Crippen molar-refractivity contribution in [3.05, 3.63) is 57.4 Å². The van der Waals surface area contributed by atoms with Crippen molar-refractivity contribution in [1.82, 2.24) is 4.98 Å². The van der Waals surface area contributed by atoms with E-state index in [1.165, 1.54) is 11.3 Å². The Morgan fingerprint density at radius 3 is 2.45 bits per heavy atom. The maximum atomic E-state index is 12.6. The number of thiazole rings is 1. The highest BCUT2D eigenvalue weighted by Crippen LogP contribution is 2.31. The number of rotatable bonds is 3. The molecule has 0 aliphatic carbocycles. The average Bonchev–Trinajstić information content (AvgIpc) is 3.12. The Morgan fingerprint density at radius 1 is 1.09 bits per heavy atom. The molecular weight excluding hydrogens is 312 g/mol. The molecule has 0 aliphatic rings. The number of hydrogen-bond acceptors (Lipinski definition) is 4. The topological polar surface area (TPSA) is 42.0 Å². The molecule has 1 N–H and O–H groups in total. The second kappa shape index (κ2) is 6.02. The summed E-state index contributed by atoms with van der Waals surface area (Å²) in [6, 6.07) is 10.0. The molecule has 1 amide bonds. The van der Waals surface area contributed by atoms with E-state index in [2.05, 4.69) is 10.3 Å². The highest BCUT2D eigenvalue weighted by molar-refractivity contribution is 7.22. The van der Waals surface area contributed by atoms with Gasteiger partial charge in [0.2, 0.25) is 0 Å². The summed E-state index contributed by atoms with van der Waals surface area (Å²) < 4.78 is 0. The first-order valence-corrected chi connectivity index (χ1v) is 8.64. The maximum Gasteiger partial charge on any atom is 0.267 e. The highest BCUT2D eigenvalue weighted by atomic mass is 32.1. The van der Waals surface area contributed by atoms with Crippen LogP contribution in [-0.4, -0.2) is 10.9 Å². The molecule has 22 heavy (non-hydrogen) atoms. The number of anilines is 1. The van der Waals surface area contributed by atoms with E-state index in [1.54, 1.807) is 11.3 Å². The summed E-state index contributed by atoms with van der Waals surface area (Å²) in [6.07, 6.45) is 0. The Morgan fingerprint density at radius 2 is 1.82 bits per heavy atom. The Balaban J connectivity index is 1.90. The lowest BCUT2D eigenvalue weighted by Crippen LogP contribution is -2.13. The van der Waals surface area contributed by atoms with Crippen LogP contribution in [0.2, 0.25) is 0 Å². The van der Waals surface area contributed by atoms with Gasteiger partial charge in [0, 0.05) is 5.69 Å². The molecule has 1 aromatic carbocycles. The van der Waals surface area contributed by atoms with Gasteiger partial charge in [-0.3, -0.25) is 4.79 Å². The molecule has 0 unspecified atom stereocenters. The molecule has 0 fully saturated rings. The third kappa shape index (κ3) is 2.82. The van der Waals surface area contributed by atoms with Crippen LogP contribution in [0.15, 0.2) is 35.7 Å². The van der Waals surface area contributed by atoms with E-state index in [-0.39, 0.29) is 5.91 Å². The van der Waals surface area contributed by atoms with Gasteiger partial charge in [-0.2, -0.15) is 0 Å². The van der Waals surface area contributed by atoms with Crippen molar-refractivity contribution in [2.45, 2.75) is 20.8 Å². The van der Waals surface area contributed by atoms with Crippen LogP contribution in [0.25, 0.3) is 9.88 Å². The average molecular weight is 328 g/mol. The van der Waals surface area contributed by atoms with Gasteiger partial charge >= 0.3 is 0 Å². The summed E-state index contributed by atoms with van der Waals surface area (Å²) >= 11 is 3.08. The maximum absolute atomic E-state index is 12.6. The van der Waals surface area contributed by atoms with Gasteiger partial charge in [-0.25, -0.2) is 4.98 Å². The van der Waals surface area contributed by atoms with Crippen molar-refractivity contribution in [1.29, 1.82) is 0 Å². The van der Waals surface area contributed by atoms with E-state index in [4.69, 9.17) is 0 Å². The number of carbonyl (C=O) groups is 1. The van der Waals surface area contributed by atoms with E-state index >= 15 is 0 Å². The SMILES string of the molecule is Cc1cccc(C)c1NC(=O)c1sc(-c2cccs2)nc1C. The van der Waals surface area contributed by atoms with Gasteiger partial charge in [0.1, 0.15) is 9.88 Å². The van der Waals surface area contributed by atoms with Crippen molar-refractivity contribution in [2.24, 2.45) is 0 Å². The zero-order valence-corrected chi connectivity index (χ0v) is 14.3. The molecule has 0 atom stereocenters. The lowest BCUT2D eigenvalue weighted by Gasteiger charge is -2.10. The minimum absolute atomic E-state index is 0.0878. The summed E-state index contributed by atoms with van der Waals surface area (Å²) in [7, 11) is 0. The van der Waals surface area contributed by atoms with Crippen molar-refractivity contribution >= 4 is 34.3 Å². The van der Waals surface area contributed by atoms with Crippen LogP contribution >= 0.6 is 22.7 Å². The van der Waals surface area contributed by atoms with E-state index in [1.807, 2.05) is 56.5 Å². The van der Waals surface area contributed by atoms with Crippen molar-refractivity contribution < 1.29 is 4.79 Å². The van der Waals surface area contributed by atoms with Gasteiger partial charge in [-0.05, 0) is 43.3 Å². The van der Waals surface area contributed by atoms with Crippen LogP contribution in [0.3, 0.4) is 0 Å². The molecule has 5 heteroatoms. The van der Waals surface area contributed by atoms with Crippen LogP contribution in [-0.2, 0) is 0 Å². The molecule has 0 spiro atoms. The van der Waals surface area contributed by atoms with Gasteiger partial charge in [-0.1, -0.05) is 24.3 Å². The minimum Gasteiger partial charge on any atom is -0.321 e. The fourth-order valence-corrected chi connectivity index (χ4v) is 4.05. The van der Waals surface area contributed by atoms with Crippen LogP contribution in [0.5, 0.6) is 0 Å². The van der Waals surface area contributed by atoms with Crippen molar-refractivity contribution in [2.75, 3.05) is 5.32 Å². The second-order valence-corrected chi connectivity index (χ2v) is 7.08. The summed E-state index contributed by atoms with van der Waals surface area (Å²) in [5, 5.41) is 5.95. The van der Waals surface area contributed by atoms with E-state index in [0.717, 1.165) is 32.4 Å². The van der Waals surface area contributed by atoms with Crippen LogP contribution in [0.4, 0.5) is 5.69 Å². The van der Waals surface area contributed by atoms with Crippen molar-refractivity contribution in [3.8, 4) is 9.88 Å². The smallest absolute Gasteiger partial charge is 0.267 e. The number of thiophene rings is 1. The lowest BCUT2D eigenvalue weighted by atomic mass is 10.1. The summed E-state index contributed by atoms with van der Waals surface area (Å²) in [5.41, 5.74) is 3.79. The second-order valence-electron chi connectivity index (χ2n) is 5.13. The number of aromatic nitrogens is 1. The first kappa shape index (κ1) is 14.9. The Kier molecular flexibility index (Phi) is 4.09. The Labute approximate surface area is 137 Å². The number of para-hydroxylation sites is 1. The van der Waals surface area contributed by atoms with Crippen LogP contribution in [0.1, 0.15) is 26.5 Å². The van der Waals surface area contributed by atoms with E-state index < -0.39 is 0 Å². The van der Waals surface area contributed by atoms with Crippen LogP contribution < -0.4 is 5.32 Å². The predicted molar refractivity (Wildman–Crippen MR) is 94.0 cm³/mol. The zero-order chi connectivity index (χ0) is 15.7. The molecule has 2 aromatic heterocycles. The molecule has 112 valence electrons. The Bertz CT molecular complexity index is 799. The summed E-state index contributed by atoms with van der Waals surface area (Å²) in [5.74, 6) is -0.0878. The molecule has 0 radical (unpaired) electrons. The Hall–Kier alpha value is -1.98. The number of amides is 1. The molecule has 0 aliphatic heterocycles. The lowest BCUT2D eigenvalue weighted by molar-refractivity contribution is 0.102. The fraction of sp³-hybridized carbons (Fsp3) is 0.176. The number of carbonyl (C=O) groups excluding carboxylic acids is 1. The number of benzene rings is 1. The number of nitrogens with one attached hydrogen (secondary N) is 1. The molecular formula is C17H16N2OS2. The van der Waals surface area contributed by atoms with Crippen molar-refractivity contribution in [3.63, 3.8) is 0 Å². The minimum atomic E-state index is -0.0878. The van der Waals surface area contributed by atoms with Gasteiger partial charge in [0.15, 0.2) is 0 Å². The van der Waals surface area contributed by atoms with Gasteiger partial charge < -0.3 is 5.32 Å². The molecule has 0 bridgehead atoms. The number of hydrogen-bond donors (Lipinski definition) is 1. The zero-order valence-electron chi connectivity index (χ0n) is 12.6. The molecule has 0 saturated heterocycles. The molecule has 0 saturated carbocycles. The summed E-state index contributed by atoms with van der Waals surface area (Å²) in [6.45, 7) is 5.88. The van der Waals surface area contributed by atoms with Gasteiger partial charge in [0.05, 0.1) is 10.6 Å². The monoisotopic (exact) mass is 328 g/mol. The van der Waals surface area contributed by atoms with E-state index in [0.29, 0.717) is 4.88 Å². The largest absolute Gasteiger partial charge is 0.321 e. The number of nitrogens with zero attached hydrogens (tertiary/aromatic N) is 1. The normalized spacial score (nSPS) is 10.7. The quantitative estimate of drug-likeness (QED) is 0.731. The van der Waals surface area contributed by atoms with E-state index in [9.17, 15) is 4.79 Å². The molecule has 3 rings (SSSR count). The first-order valence-electron chi connectivity index (χ1n) is 6.95. The first-order chi connectivity index (χ1) is 10.6. The number of aryl methyl sites for hydroxylation is 3. The third-order valence-electron chi connectivity index (χ3n) is 3.45. The predicted octanol–water partition coefficient (Wildman–Crippen LogP) is 5.05. The summed E-state index contributed by atoms with van der Waals surface area (Å²) in [4.78, 5) is 18.9. The van der Waals surface area contributed by atoms with Gasteiger partial charge in [0.25, 0.3) is 5.91 Å². The fourth-order valence-electron chi connectivity index (χ4n) is 2.29. The third-order valence-corrected chi connectivity index (χ3v) is 5.65. The molecule has 3 aromatic rings.